The first-order valence-corrected chi connectivity index (χ1v) is 7.33. The first-order chi connectivity index (χ1) is 11.9. The summed E-state index contributed by atoms with van der Waals surface area (Å²) >= 11 is 0. The Morgan fingerprint density at radius 3 is 2.68 bits per heavy atom. The fourth-order valence-corrected chi connectivity index (χ4v) is 2.47. The van der Waals surface area contributed by atoms with Crippen molar-refractivity contribution in [2.24, 2.45) is 0 Å². The van der Waals surface area contributed by atoms with E-state index in [1.807, 2.05) is 0 Å². The Balaban J connectivity index is 1.97. The van der Waals surface area contributed by atoms with Crippen molar-refractivity contribution in [2.45, 2.75) is 19.1 Å². The van der Waals surface area contributed by atoms with Gasteiger partial charge in [0.2, 0.25) is 0 Å². The molecule has 1 atom stereocenters. The number of aromatic amines is 2. The Morgan fingerprint density at radius 2 is 2.08 bits per heavy atom. The lowest BCUT2D eigenvalue weighted by atomic mass is 10.0. The van der Waals surface area contributed by atoms with Gasteiger partial charge in [0.15, 0.2) is 5.82 Å². The Morgan fingerprint density at radius 1 is 1.28 bits per heavy atom. The van der Waals surface area contributed by atoms with Crippen molar-refractivity contribution in [2.75, 3.05) is 0 Å². The number of nitrogens with zero attached hydrogens (tertiary/aromatic N) is 2. The molecule has 2 aromatic heterocycles. The van der Waals surface area contributed by atoms with Gasteiger partial charge in [-0.2, -0.15) is 18.3 Å². The Kier molecular flexibility index (Phi) is 4.30. The maximum atomic E-state index is 13.0. The van der Waals surface area contributed by atoms with Crippen LogP contribution in [0.2, 0.25) is 0 Å². The first-order valence-electron chi connectivity index (χ1n) is 7.33. The molecule has 0 radical (unpaired) electrons. The molecular formula is C16H14F3N5O. The van der Waals surface area contributed by atoms with E-state index in [4.69, 9.17) is 0 Å². The van der Waals surface area contributed by atoms with Crippen molar-refractivity contribution in [3.63, 3.8) is 0 Å². The molecule has 3 N–H and O–H groups in total. The molecule has 3 aromatic rings. The number of halogens is 3. The Labute approximate surface area is 140 Å². The predicted octanol–water partition coefficient (Wildman–Crippen LogP) is 2.98. The van der Waals surface area contributed by atoms with Gasteiger partial charge < -0.3 is 10.3 Å². The van der Waals surface area contributed by atoms with Crippen molar-refractivity contribution in [1.82, 2.24) is 25.5 Å². The molecule has 2 heterocycles. The second-order valence-corrected chi connectivity index (χ2v) is 5.42. The van der Waals surface area contributed by atoms with Crippen LogP contribution in [0.1, 0.15) is 39.0 Å². The standard InChI is InChI=1S/C16H14F3N5O/c1-9-12(5-6-20-9)15(25)23-13(14-21-8-22-24-14)10-3-2-4-11(7-10)16(17,18)19/h2-8,13,20H,1H3,(H,23,25)(H,21,22,24). The topological polar surface area (TPSA) is 86.5 Å². The minimum atomic E-state index is -4.48. The van der Waals surface area contributed by atoms with Crippen LogP contribution in [0.4, 0.5) is 13.2 Å². The largest absolute Gasteiger partial charge is 0.416 e. The summed E-state index contributed by atoms with van der Waals surface area (Å²) in [4.78, 5) is 19.3. The minimum Gasteiger partial charge on any atom is -0.365 e. The number of aromatic nitrogens is 4. The molecule has 0 saturated heterocycles. The second kappa shape index (κ2) is 6.42. The number of aryl methyl sites for hydroxylation is 1. The third-order valence-electron chi connectivity index (χ3n) is 3.73. The van der Waals surface area contributed by atoms with Gasteiger partial charge in [-0.05, 0) is 30.7 Å². The van der Waals surface area contributed by atoms with Crippen molar-refractivity contribution >= 4 is 5.91 Å². The summed E-state index contributed by atoms with van der Waals surface area (Å²) < 4.78 is 39.0. The molecule has 0 aliphatic heterocycles. The lowest BCUT2D eigenvalue weighted by molar-refractivity contribution is -0.137. The van der Waals surface area contributed by atoms with Gasteiger partial charge in [-0.1, -0.05) is 12.1 Å². The molecule has 25 heavy (non-hydrogen) atoms. The van der Waals surface area contributed by atoms with E-state index in [0.29, 0.717) is 11.3 Å². The van der Waals surface area contributed by atoms with E-state index in [0.717, 1.165) is 12.1 Å². The van der Waals surface area contributed by atoms with Crippen molar-refractivity contribution in [1.29, 1.82) is 0 Å². The number of nitrogens with one attached hydrogen (secondary N) is 3. The molecule has 1 aromatic carbocycles. The number of H-pyrrole nitrogens is 2. The van der Waals surface area contributed by atoms with Gasteiger partial charge in [-0.25, -0.2) is 4.98 Å². The molecule has 0 fully saturated rings. The average Bonchev–Trinajstić information content (AvgIpc) is 3.23. The van der Waals surface area contributed by atoms with Crippen LogP contribution in [0.5, 0.6) is 0 Å². The fourth-order valence-electron chi connectivity index (χ4n) is 2.47. The van der Waals surface area contributed by atoms with E-state index >= 15 is 0 Å². The number of carbonyl (C=O) groups is 1. The zero-order valence-electron chi connectivity index (χ0n) is 13.1. The molecular weight excluding hydrogens is 335 g/mol. The van der Waals surface area contributed by atoms with Crippen LogP contribution >= 0.6 is 0 Å². The van der Waals surface area contributed by atoms with Gasteiger partial charge >= 0.3 is 6.18 Å². The summed E-state index contributed by atoms with van der Waals surface area (Å²) in [5.41, 5.74) is 0.490. The molecule has 0 spiro atoms. The number of hydrogen-bond donors (Lipinski definition) is 3. The van der Waals surface area contributed by atoms with Crippen LogP contribution in [0.3, 0.4) is 0 Å². The van der Waals surface area contributed by atoms with Gasteiger partial charge in [-0.3, -0.25) is 9.89 Å². The summed E-state index contributed by atoms with van der Waals surface area (Å²) in [7, 11) is 0. The summed E-state index contributed by atoms with van der Waals surface area (Å²) in [5, 5.41) is 9.00. The van der Waals surface area contributed by atoms with Crippen LogP contribution in [0.15, 0.2) is 42.9 Å². The molecule has 130 valence electrons. The Bertz CT molecular complexity index is 870. The summed E-state index contributed by atoms with van der Waals surface area (Å²) in [5.74, 6) is -0.196. The third-order valence-corrected chi connectivity index (χ3v) is 3.73. The maximum Gasteiger partial charge on any atom is 0.416 e. The molecule has 0 aliphatic carbocycles. The van der Waals surface area contributed by atoms with E-state index in [2.05, 4.69) is 25.5 Å². The van der Waals surface area contributed by atoms with Crippen LogP contribution in [-0.2, 0) is 6.18 Å². The fraction of sp³-hybridized carbons (Fsp3) is 0.188. The second-order valence-electron chi connectivity index (χ2n) is 5.42. The number of hydrogen-bond acceptors (Lipinski definition) is 3. The van der Waals surface area contributed by atoms with Crippen LogP contribution in [0, 0.1) is 6.92 Å². The molecule has 0 bridgehead atoms. The van der Waals surface area contributed by atoms with Crippen LogP contribution in [-0.4, -0.2) is 26.1 Å². The highest BCUT2D eigenvalue weighted by atomic mass is 19.4. The first kappa shape index (κ1) is 16.7. The normalized spacial score (nSPS) is 12.8. The number of amides is 1. The van der Waals surface area contributed by atoms with Crippen molar-refractivity contribution in [3.8, 4) is 0 Å². The molecule has 3 rings (SSSR count). The summed E-state index contributed by atoms with van der Waals surface area (Å²) in [6, 6.07) is 5.43. The highest BCUT2D eigenvalue weighted by Gasteiger charge is 2.32. The van der Waals surface area contributed by atoms with Gasteiger partial charge in [0, 0.05) is 11.9 Å². The lowest BCUT2D eigenvalue weighted by Gasteiger charge is -2.18. The molecule has 1 amide bonds. The maximum absolute atomic E-state index is 13.0. The third kappa shape index (κ3) is 3.54. The lowest BCUT2D eigenvalue weighted by Crippen LogP contribution is -2.30. The summed E-state index contributed by atoms with van der Waals surface area (Å²) in [6.45, 7) is 1.72. The highest BCUT2D eigenvalue weighted by molar-refractivity contribution is 5.95. The van der Waals surface area contributed by atoms with E-state index in [-0.39, 0.29) is 11.4 Å². The molecule has 1 unspecified atom stereocenters. The predicted molar refractivity (Wildman–Crippen MR) is 82.7 cm³/mol. The molecule has 9 heteroatoms. The molecule has 0 saturated carbocycles. The van der Waals surface area contributed by atoms with Crippen molar-refractivity contribution in [3.05, 3.63) is 71.1 Å². The van der Waals surface area contributed by atoms with Gasteiger partial charge in [-0.15, -0.1) is 0 Å². The van der Waals surface area contributed by atoms with Gasteiger partial charge in [0.1, 0.15) is 12.4 Å². The van der Waals surface area contributed by atoms with Crippen LogP contribution in [0.25, 0.3) is 0 Å². The highest BCUT2D eigenvalue weighted by Crippen LogP contribution is 2.31. The SMILES string of the molecule is Cc1[nH]ccc1C(=O)NC(c1cccc(C(F)(F)F)c1)c1ncn[nH]1. The van der Waals surface area contributed by atoms with E-state index < -0.39 is 23.7 Å². The monoisotopic (exact) mass is 349 g/mol. The average molecular weight is 349 g/mol. The smallest absolute Gasteiger partial charge is 0.365 e. The van der Waals surface area contributed by atoms with Crippen LogP contribution < -0.4 is 5.32 Å². The van der Waals surface area contributed by atoms with E-state index in [9.17, 15) is 18.0 Å². The number of rotatable bonds is 4. The molecule has 0 aliphatic rings. The van der Waals surface area contributed by atoms with Crippen molar-refractivity contribution < 1.29 is 18.0 Å². The van der Waals surface area contributed by atoms with Gasteiger partial charge in [0.05, 0.1) is 11.1 Å². The zero-order valence-corrected chi connectivity index (χ0v) is 13.1. The number of benzene rings is 1. The van der Waals surface area contributed by atoms with E-state index in [1.165, 1.54) is 18.5 Å². The number of alkyl halides is 3. The summed E-state index contributed by atoms with van der Waals surface area (Å²) in [6.07, 6.45) is -1.65. The Hall–Kier alpha value is -3.10. The van der Waals surface area contributed by atoms with Gasteiger partial charge in [0.25, 0.3) is 5.91 Å². The van der Waals surface area contributed by atoms with E-state index in [1.54, 1.807) is 19.2 Å². The molecule has 6 nitrogen and oxygen atoms in total. The number of carbonyl (C=O) groups excluding carboxylic acids is 1. The zero-order chi connectivity index (χ0) is 18.0. The quantitative estimate of drug-likeness (QED) is 0.677. The minimum absolute atomic E-state index is 0.237.